The van der Waals surface area contributed by atoms with Crippen LogP contribution in [-0.2, 0) is 4.74 Å². The Balaban J connectivity index is 1.53. The largest absolute Gasteiger partial charge is 0.481 e. The van der Waals surface area contributed by atoms with Gasteiger partial charge in [-0.25, -0.2) is 19.3 Å². The lowest BCUT2D eigenvalue weighted by Crippen LogP contribution is -2.52. The van der Waals surface area contributed by atoms with Crippen LogP contribution in [0.5, 0.6) is 11.8 Å². The summed E-state index contributed by atoms with van der Waals surface area (Å²) >= 11 is 0. The van der Waals surface area contributed by atoms with Gasteiger partial charge in [-0.05, 0) is 25.0 Å². The highest BCUT2D eigenvalue weighted by atomic mass is 19.1. The SMILES string of the molecule is COc1cc(N2CCO[C@H]3[C@H](Oc4ncccc4F)CC[C@@H]32)ncn1. The zero-order valence-corrected chi connectivity index (χ0v) is 13.8. The van der Waals surface area contributed by atoms with Crippen LogP contribution in [0.1, 0.15) is 12.8 Å². The average Bonchev–Trinajstić information content (AvgIpc) is 3.07. The van der Waals surface area contributed by atoms with Gasteiger partial charge in [-0.2, -0.15) is 0 Å². The molecule has 2 fully saturated rings. The van der Waals surface area contributed by atoms with Gasteiger partial charge in [0.2, 0.25) is 5.88 Å². The molecule has 0 bridgehead atoms. The first-order valence-electron chi connectivity index (χ1n) is 8.27. The van der Waals surface area contributed by atoms with Crippen molar-refractivity contribution in [3.05, 3.63) is 36.5 Å². The number of ether oxygens (including phenoxy) is 3. The minimum Gasteiger partial charge on any atom is -0.481 e. The summed E-state index contributed by atoms with van der Waals surface area (Å²) in [6.07, 6.45) is 4.26. The van der Waals surface area contributed by atoms with Crippen LogP contribution in [-0.4, -0.2) is 53.5 Å². The van der Waals surface area contributed by atoms with E-state index in [4.69, 9.17) is 14.2 Å². The van der Waals surface area contributed by atoms with E-state index in [-0.39, 0.29) is 24.1 Å². The first-order chi connectivity index (χ1) is 12.3. The Hall–Kier alpha value is -2.48. The second kappa shape index (κ2) is 6.79. The molecule has 0 radical (unpaired) electrons. The molecular formula is C17H19FN4O3. The molecule has 8 heteroatoms. The number of rotatable bonds is 4. The van der Waals surface area contributed by atoms with Gasteiger partial charge in [0.25, 0.3) is 5.88 Å². The van der Waals surface area contributed by atoms with Crippen molar-refractivity contribution in [1.29, 1.82) is 0 Å². The molecule has 25 heavy (non-hydrogen) atoms. The number of hydrogen-bond acceptors (Lipinski definition) is 7. The third-order valence-corrected chi connectivity index (χ3v) is 4.65. The highest BCUT2D eigenvalue weighted by molar-refractivity contribution is 5.43. The standard InChI is InChI=1S/C17H19FN4O3/c1-23-15-9-14(20-10-21-15)22-7-8-24-16-12(22)4-5-13(16)25-17-11(18)3-2-6-19-17/h2-3,6,9-10,12-13,16H,4-5,7-8H2,1H3/t12-,13+,16+/m0/s1. The van der Waals surface area contributed by atoms with E-state index in [0.717, 1.165) is 25.2 Å². The molecule has 0 unspecified atom stereocenters. The summed E-state index contributed by atoms with van der Waals surface area (Å²) in [5.74, 6) is 0.890. The maximum Gasteiger partial charge on any atom is 0.250 e. The van der Waals surface area contributed by atoms with Crippen molar-refractivity contribution >= 4 is 5.82 Å². The van der Waals surface area contributed by atoms with E-state index in [1.54, 1.807) is 13.2 Å². The van der Waals surface area contributed by atoms with Crippen LogP contribution in [0.4, 0.5) is 10.2 Å². The van der Waals surface area contributed by atoms with Gasteiger partial charge in [0.15, 0.2) is 5.82 Å². The summed E-state index contributed by atoms with van der Waals surface area (Å²) in [5, 5.41) is 0. The van der Waals surface area contributed by atoms with Crippen LogP contribution >= 0.6 is 0 Å². The summed E-state index contributed by atoms with van der Waals surface area (Å²) in [4.78, 5) is 14.6. The Morgan fingerprint density at radius 2 is 2.20 bits per heavy atom. The molecule has 3 heterocycles. The van der Waals surface area contributed by atoms with Crippen molar-refractivity contribution in [2.45, 2.75) is 31.1 Å². The Bertz CT molecular complexity index is 747. The predicted molar refractivity (Wildman–Crippen MR) is 87.3 cm³/mol. The smallest absolute Gasteiger partial charge is 0.250 e. The Morgan fingerprint density at radius 1 is 1.28 bits per heavy atom. The number of nitrogens with zero attached hydrogens (tertiary/aromatic N) is 4. The quantitative estimate of drug-likeness (QED) is 0.836. The molecule has 0 amide bonds. The first-order valence-corrected chi connectivity index (χ1v) is 8.27. The molecule has 132 valence electrons. The first kappa shape index (κ1) is 16.0. The number of morpholine rings is 1. The van der Waals surface area contributed by atoms with Crippen molar-refractivity contribution < 1.29 is 18.6 Å². The van der Waals surface area contributed by atoms with Crippen LogP contribution in [0, 0.1) is 5.82 Å². The second-order valence-electron chi connectivity index (χ2n) is 6.04. The molecule has 2 aromatic heterocycles. The molecule has 3 atom stereocenters. The number of pyridine rings is 1. The van der Waals surface area contributed by atoms with Crippen molar-refractivity contribution in [2.75, 3.05) is 25.2 Å². The van der Waals surface area contributed by atoms with Crippen LogP contribution in [0.2, 0.25) is 0 Å². The van der Waals surface area contributed by atoms with E-state index < -0.39 is 5.82 Å². The van der Waals surface area contributed by atoms with Crippen LogP contribution in [0.15, 0.2) is 30.7 Å². The third-order valence-electron chi connectivity index (χ3n) is 4.65. The van der Waals surface area contributed by atoms with Gasteiger partial charge in [0.1, 0.15) is 24.4 Å². The second-order valence-corrected chi connectivity index (χ2v) is 6.04. The van der Waals surface area contributed by atoms with Crippen molar-refractivity contribution in [3.8, 4) is 11.8 Å². The molecule has 2 aliphatic rings. The third kappa shape index (κ3) is 3.09. The van der Waals surface area contributed by atoms with Crippen molar-refractivity contribution in [2.24, 2.45) is 0 Å². The molecular weight excluding hydrogens is 327 g/mol. The zero-order chi connectivity index (χ0) is 17.2. The number of fused-ring (bicyclic) bond motifs is 1. The van der Waals surface area contributed by atoms with Gasteiger partial charge in [-0.3, -0.25) is 0 Å². The van der Waals surface area contributed by atoms with E-state index in [9.17, 15) is 4.39 Å². The molecule has 0 aromatic carbocycles. The fourth-order valence-corrected chi connectivity index (χ4v) is 3.53. The monoisotopic (exact) mass is 346 g/mol. The Labute approximate surface area is 144 Å². The molecule has 4 rings (SSSR count). The van der Waals surface area contributed by atoms with Crippen LogP contribution in [0.25, 0.3) is 0 Å². The normalized spacial score (nSPS) is 25.5. The Morgan fingerprint density at radius 3 is 3.04 bits per heavy atom. The number of hydrogen-bond donors (Lipinski definition) is 0. The molecule has 7 nitrogen and oxygen atoms in total. The van der Waals surface area contributed by atoms with Gasteiger partial charge in [0.05, 0.1) is 19.8 Å². The molecule has 2 aromatic rings. The number of aromatic nitrogens is 3. The summed E-state index contributed by atoms with van der Waals surface area (Å²) < 4.78 is 30.8. The lowest BCUT2D eigenvalue weighted by Gasteiger charge is -2.39. The van der Waals surface area contributed by atoms with Crippen molar-refractivity contribution in [1.82, 2.24) is 15.0 Å². The lowest BCUT2D eigenvalue weighted by molar-refractivity contribution is -0.0331. The molecule has 0 spiro atoms. The van der Waals surface area contributed by atoms with Gasteiger partial charge < -0.3 is 19.1 Å². The molecule has 1 saturated carbocycles. The van der Waals surface area contributed by atoms with E-state index in [1.807, 2.05) is 6.07 Å². The van der Waals surface area contributed by atoms with E-state index in [2.05, 4.69) is 19.9 Å². The van der Waals surface area contributed by atoms with Gasteiger partial charge in [-0.1, -0.05) is 0 Å². The lowest BCUT2D eigenvalue weighted by atomic mass is 10.1. The van der Waals surface area contributed by atoms with Gasteiger partial charge in [-0.15, -0.1) is 0 Å². The fraction of sp³-hybridized carbons (Fsp3) is 0.471. The van der Waals surface area contributed by atoms with Crippen LogP contribution < -0.4 is 14.4 Å². The van der Waals surface area contributed by atoms with E-state index >= 15 is 0 Å². The Kier molecular flexibility index (Phi) is 4.35. The molecule has 0 N–H and O–H groups in total. The summed E-state index contributed by atoms with van der Waals surface area (Å²) in [7, 11) is 1.58. The number of halogens is 1. The fourth-order valence-electron chi connectivity index (χ4n) is 3.53. The van der Waals surface area contributed by atoms with Crippen molar-refractivity contribution in [3.63, 3.8) is 0 Å². The summed E-state index contributed by atoms with van der Waals surface area (Å²) in [6.45, 7) is 1.28. The van der Waals surface area contributed by atoms with Crippen LogP contribution in [0.3, 0.4) is 0 Å². The minimum absolute atomic E-state index is 0.0255. The van der Waals surface area contributed by atoms with Gasteiger partial charge in [0, 0.05) is 18.8 Å². The maximum atomic E-state index is 13.8. The highest BCUT2D eigenvalue weighted by Crippen LogP contribution is 2.35. The minimum atomic E-state index is -0.459. The van der Waals surface area contributed by atoms with Gasteiger partial charge >= 0.3 is 0 Å². The summed E-state index contributed by atoms with van der Waals surface area (Å²) in [6, 6.07) is 4.82. The molecule has 1 aliphatic heterocycles. The maximum absolute atomic E-state index is 13.8. The average molecular weight is 346 g/mol. The predicted octanol–water partition coefficient (Wildman–Crippen LogP) is 1.83. The highest BCUT2D eigenvalue weighted by Gasteiger charge is 2.45. The van der Waals surface area contributed by atoms with E-state index in [1.165, 1.54) is 18.6 Å². The topological polar surface area (TPSA) is 69.6 Å². The molecule has 1 saturated heterocycles. The molecule has 1 aliphatic carbocycles. The van der Waals surface area contributed by atoms with E-state index in [0.29, 0.717) is 12.5 Å². The number of anilines is 1. The zero-order valence-electron chi connectivity index (χ0n) is 13.8. The number of methoxy groups -OCH3 is 1. The summed E-state index contributed by atoms with van der Waals surface area (Å²) in [5.41, 5.74) is 0.